The van der Waals surface area contributed by atoms with E-state index in [9.17, 15) is 23.9 Å². The largest absolute Gasteiger partial charge is 0.490 e. The van der Waals surface area contributed by atoms with Gasteiger partial charge in [-0.1, -0.05) is 26.2 Å². The number of rotatable bonds is 7. The Kier molecular flexibility index (Phi) is 13.9. The van der Waals surface area contributed by atoms with Gasteiger partial charge in [-0.15, -0.1) is 0 Å². The Hall–Kier alpha value is -3.90. The highest BCUT2D eigenvalue weighted by Gasteiger charge is 2.31. The third kappa shape index (κ3) is 10.8. The number of likely N-dealkylation sites (N-methyl/N-ethyl adjacent to an activating group) is 1. The third-order valence-electron chi connectivity index (χ3n) is 9.14. The van der Waals surface area contributed by atoms with Crippen LogP contribution in [0.5, 0.6) is 5.75 Å². The van der Waals surface area contributed by atoms with E-state index in [0.29, 0.717) is 30.3 Å². The van der Waals surface area contributed by atoms with Gasteiger partial charge < -0.3 is 40.3 Å². The number of aliphatic hydroxyl groups is 1. The molecule has 0 bridgehead atoms. The number of halogens is 1. The summed E-state index contributed by atoms with van der Waals surface area (Å²) in [5.41, 5.74) is 1.01. The second-order valence-electron chi connectivity index (χ2n) is 13.3. The van der Waals surface area contributed by atoms with Gasteiger partial charge in [0.25, 0.3) is 5.91 Å². The lowest BCUT2D eigenvalue weighted by Gasteiger charge is -2.36. The average molecular weight is 670 g/mol. The van der Waals surface area contributed by atoms with E-state index >= 15 is 0 Å². The Bertz CT molecular complexity index is 1350. The van der Waals surface area contributed by atoms with Crippen LogP contribution in [0.25, 0.3) is 0 Å². The lowest BCUT2D eigenvalue weighted by Crippen LogP contribution is -2.50. The number of amides is 5. The van der Waals surface area contributed by atoms with Gasteiger partial charge in [0.05, 0.1) is 30.4 Å². The molecule has 48 heavy (non-hydrogen) atoms. The van der Waals surface area contributed by atoms with Gasteiger partial charge in [-0.05, 0) is 88.4 Å². The average Bonchev–Trinajstić information content (AvgIpc) is 3.07. The maximum Gasteiger partial charge on any atom is 0.323 e. The van der Waals surface area contributed by atoms with Crippen molar-refractivity contribution in [3.63, 3.8) is 0 Å². The van der Waals surface area contributed by atoms with Crippen LogP contribution >= 0.6 is 0 Å². The molecule has 1 saturated carbocycles. The fourth-order valence-corrected chi connectivity index (χ4v) is 6.17. The minimum absolute atomic E-state index is 0.128. The highest BCUT2D eigenvalue weighted by molar-refractivity contribution is 6.02. The minimum Gasteiger partial charge on any atom is -0.490 e. The van der Waals surface area contributed by atoms with E-state index in [2.05, 4.69) is 16.0 Å². The molecule has 4 rings (SSSR count). The SMILES string of the molecule is C[C@@H]1CCCCO[C@@H](CN(C)C(=O)NC2CCCCC2)[C@H](C)CN([C@H](C)CO)C(=O)c2cc(NC(=O)Nc3ccc(F)cc3)ccc2O1. The maximum atomic E-state index is 14.3. The van der Waals surface area contributed by atoms with Gasteiger partial charge in [-0.3, -0.25) is 4.79 Å². The first-order chi connectivity index (χ1) is 23.0. The van der Waals surface area contributed by atoms with Crippen molar-refractivity contribution in [2.75, 3.05) is 44.0 Å². The molecule has 12 heteroatoms. The van der Waals surface area contributed by atoms with E-state index in [-0.39, 0.29) is 54.8 Å². The smallest absolute Gasteiger partial charge is 0.323 e. The van der Waals surface area contributed by atoms with Crippen molar-refractivity contribution in [3.8, 4) is 5.75 Å². The van der Waals surface area contributed by atoms with Crippen LogP contribution in [0.2, 0.25) is 0 Å². The summed E-state index contributed by atoms with van der Waals surface area (Å²) in [5.74, 6) is -0.598. The predicted molar refractivity (Wildman–Crippen MR) is 184 cm³/mol. The number of urea groups is 2. The number of carbonyl (C=O) groups is 3. The van der Waals surface area contributed by atoms with Crippen molar-refractivity contribution in [1.29, 1.82) is 0 Å². The molecule has 11 nitrogen and oxygen atoms in total. The molecule has 4 N–H and O–H groups in total. The topological polar surface area (TPSA) is 132 Å². The van der Waals surface area contributed by atoms with Crippen molar-refractivity contribution >= 4 is 29.3 Å². The number of benzene rings is 2. The summed E-state index contributed by atoms with van der Waals surface area (Å²) in [6, 6.07) is 9.25. The summed E-state index contributed by atoms with van der Waals surface area (Å²) in [5, 5.41) is 18.8. The molecule has 1 fully saturated rings. The van der Waals surface area contributed by atoms with Crippen LogP contribution < -0.4 is 20.7 Å². The predicted octanol–water partition coefficient (Wildman–Crippen LogP) is 6.24. The van der Waals surface area contributed by atoms with Gasteiger partial charge in [-0.25, -0.2) is 14.0 Å². The molecule has 4 atom stereocenters. The van der Waals surface area contributed by atoms with Crippen molar-refractivity contribution in [1.82, 2.24) is 15.1 Å². The van der Waals surface area contributed by atoms with Crippen LogP contribution in [-0.2, 0) is 4.74 Å². The minimum atomic E-state index is -0.560. The normalized spacial score (nSPS) is 22.0. The molecule has 5 amide bonds. The molecule has 2 aromatic carbocycles. The first kappa shape index (κ1) is 36.9. The zero-order valence-electron chi connectivity index (χ0n) is 28.7. The summed E-state index contributed by atoms with van der Waals surface area (Å²) in [7, 11) is 1.77. The number of fused-ring (bicyclic) bond motifs is 1. The van der Waals surface area contributed by atoms with Crippen molar-refractivity contribution in [3.05, 3.63) is 53.8 Å². The lowest BCUT2D eigenvalue weighted by atomic mass is 9.96. The van der Waals surface area contributed by atoms with E-state index in [1.165, 1.54) is 30.7 Å². The molecular formula is C36H52FN5O6. The second-order valence-corrected chi connectivity index (χ2v) is 13.3. The van der Waals surface area contributed by atoms with E-state index in [0.717, 1.165) is 44.9 Å². The summed E-state index contributed by atoms with van der Waals surface area (Å²) in [4.78, 5) is 43.5. The van der Waals surface area contributed by atoms with Crippen LogP contribution in [0.4, 0.5) is 25.4 Å². The van der Waals surface area contributed by atoms with E-state index in [1.54, 1.807) is 42.0 Å². The van der Waals surface area contributed by atoms with E-state index in [4.69, 9.17) is 9.47 Å². The molecule has 264 valence electrons. The van der Waals surface area contributed by atoms with Crippen LogP contribution in [0.3, 0.4) is 0 Å². The van der Waals surface area contributed by atoms with Crippen LogP contribution in [-0.4, -0.2) is 90.5 Å². The highest BCUT2D eigenvalue weighted by atomic mass is 19.1. The standard InChI is InChI=1S/C36H52FN5O6/c1-24-21-42(25(2)23-43)34(44)31-20-30(39-35(45)38-29-15-13-27(37)14-16-29)17-18-32(31)48-26(3)10-8-9-19-47-33(24)22-41(4)36(46)40-28-11-6-5-7-12-28/h13-18,20,24-26,28,33,43H,5-12,19,21-23H2,1-4H3,(H,40,46)(H2,38,39,45)/t24-,25-,26-,33+/m1/s1. The Balaban J connectivity index is 1.55. The van der Waals surface area contributed by atoms with Gasteiger partial charge in [0, 0.05) is 50.1 Å². The summed E-state index contributed by atoms with van der Waals surface area (Å²) in [6.07, 6.45) is 7.27. The summed E-state index contributed by atoms with van der Waals surface area (Å²) in [6.45, 7) is 6.55. The fraction of sp³-hybridized carbons (Fsp3) is 0.583. The highest BCUT2D eigenvalue weighted by Crippen LogP contribution is 2.29. The number of aliphatic hydroxyl groups excluding tert-OH is 1. The van der Waals surface area contributed by atoms with Gasteiger partial charge >= 0.3 is 12.1 Å². The van der Waals surface area contributed by atoms with Gasteiger partial charge in [-0.2, -0.15) is 0 Å². The van der Waals surface area contributed by atoms with Crippen molar-refractivity contribution < 1.29 is 33.4 Å². The van der Waals surface area contributed by atoms with Gasteiger partial charge in [0.2, 0.25) is 0 Å². The molecule has 1 aliphatic heterocycles. The number of anilines is 2. The van der Waals surface area contributed by atoms with E-state index < -0.39 is 17.9 Å². The quantitative estimate of drug-likeness (QED) is 0.276. The Labute approximate surface area is 283 Å². The molecule has 0 spiro atoms. The number of hydrogen-bond donors (Lipinski definition) is 4. The number of hydrogen-bond acceptors (Lipinski definition) is 6. The second kappa shape index (κ2) is 18.0. The van der Waals surface area contributed by atoms with Crippen LogP contribution in [0, 0.1) is 11.7 Å². The fourth-order valence-electron chi connectivity index (χ4n) is 6.17. The summed E-state index contributed by atoms with van der Waals surface area (Å²) < 4.78 is 26.0. The molecule has 1 heterocycles. The monoisotopic (exact) mass is 669 g/mol. The molecule has 0 radical (unpaired) electrons. The number of carbonyl (C=O) groups excluding carboxylic acids is 3. The Morgan fingerprint density at radius 3 is 2.38 bits per heavy atom. The molecule has 0 saturated heterocycles. The number of nitrogens with one attached hydrogen (secondary N) is 3. The maximum absolute atomic E-state index is 14.3. The molecule has 2 aliphatic rings. The van der Waals surface area contributed by atoms with Crippen molar-refractivity contribution in [2.24, 2.45) is 5.92 Å². The molecular weight excluding hydrogens is 617 g/mol. The van der Waals surface area contributed by atoms with E-state index in [1.807, 2.05) is 13.8 Å². The van der Waals surface area contributed by atoms with Crippen LogP contribution in [0.15, 0.2) is 42.5 Å². The molecule has 0 aromatic heterocycles. The zero-order chi connectivity index (χ0) is 34.6. The Morgan fingerprint density at radius 2 is 1.67 bits per heavy atom. The molecule has 1 aliphatic carbocycles. The third-order valence-corrected chi connectivity index (χ3v) is 9.14. The van der Waals surface area contributed by atoms with Crippen molar-refractivity contribution in [2.45, 2.75) is 96.4 Å². The van der Waals surface area contributed by atoms with Gasteiger partial charge in [0.15, 0.2) is 0 Å². The lowest BCUT2D eigenvalue weighted by molar-refractivity contribution is -0.0123. The first-order valence-electron chi connectivity index (χ1n) is 17.2. The first-order valence-corrected chi connectivity index (χ1v) is 17.2. The summed E-state index contributed by atoms with van der Waals surface area (Å²) >= 11 is 0. The van der Waals surface area contributed by atoms with Gasteiger partial charge in [0.1, 0.15) is 11.6 Å². The van der Waals surface area contributed by atoms with Crippen LogP contribution in [0.1, 0.15) is 82.5 Å². The number of ether oxygens (including phenoxy) is 2. The molecule has 2 aromatic rings. The Morgan fingerprint density at radius 1 is 1.00 bits per heavy atom. The number of nitrogens with zero attached hydrogens (tertiary/aromatic N) is 2. The molecule has 0 unspecified atom stereocenters. The zero-order valence-corrected chi connectivity index (χ0v) is 28.7.